The first-order valence-electron chi connectivity index (χ1n) is 8.00. The van der Waals surface area contributed by atoms with Gasteiger partial charge in [0.1, 0.15) is 5.75 Å². The summed E-state index contributed by atoms with van der Waals surface area (Å²) in [5.41, 5.74) is 2.77. The van der Waals surface area contributed by atoms with Crippen LogP contribution in [0.3, 0.4) is 0 Å². The van der Waals surface area contributed by atoms with Gasteiger partial charge in [-0.1, -0.05) is 35.9 Å². The molecule has 0 aliphatic heterocycles. The predicted octanol–water partition coefficient (Wildman–Crippen LogP) is 5.35. The Kier molecular flexibility index (Phi) is 5.66. The molecule has 3 aromatic carbocycles. The van der Waals surface area contributed by atoms with Gasteiger partial charge in [-0.15, -0.1) is 0 Å². The molecule has 0 saturated heterocycles. The molecular formula is C21H17ClN2O2. The number of aliphatic imine (C=N–C) groups is 1. The van der Waals surface area contributed by atoms with E-state index in [1.807, 2.05) is 36.4 Å². The maximum absolute atomic E-state index is 12.3. The number of amides is 1. The molecule has 26 heavy (non-hydrogen) atoms. The van der Waals surface area contributed by atoms with Gasteiger partial charge in [0.2, 0.25) is 0 Å². The van der Waals surface area contributed by atoms with Crippen molar-refractivity contribution in [3.05, 3.63) is 88.9 Å². The Balaban J connectivity index is 1.70. The van der Waals surface area contributed by atoms with Crippen molar-refractivity contribution >= 4 is 35.1 Å². The first kappa shape index (κ1) is 17.7. The fourth-order valence-corrected chi connectivity index (χ4v) is 2.61. The average molecular weight is 365 g/mol. The molecule has 0 radical (unpaired) electrons. The highest BCUT2D eigenvalue weighted by Gasteiger charge is 2.09. The van der Waals surface area contributed by atoms with Gasteiger partial charge in [-0.25, -0.2) is 0 Å². The third-order valence-corrected chi connectivity index (χ3v) is 4.06. The lowest BCUT2D eigenvalue weighted by Gasteiger charge is -2.07. The second-order valence-corrected chi connectivity index (χ2v) is 5.89. The van der Waals surface area contributed by atoms with Crippen molar-refractivity contribution in [1.29, 1.82) is 0 Å². The van der Waals surface area contributed by atoms with Crippen LogP contribution in [0.5, 0.6) is 5.75 Å². The second-order valence-electron chi connectivity index (χ2n) is 5.48. The van der Waals surface area contributed by atoms with E-state index in [2.05, 4.69) is 10.3 Å². The minimum atomic E-state index is -0.249. The van der Waals surface area contributed by atoms with Crippen LogP contribution in [0.4, 0.5) is 11.4 Å². The molecule has 130 valence electrons. The van der Waals surface area contributed by atoms with Crippen molar-refractivity contribution in [3.63, 3.8) is 0 Å². The first-order valence-corrected chi connectivity index (χ1v) is 8.38. The summed E-state index contributed by atoms with van der Waals surface area (Å²) in [5, 5.41) is 3.24. The molecule has 4 nitrogen and oxygen atoms in total. The molecule has 0 aliphatic rings. The summed E-state index contributed by atoms with van der Waals surface area (Å²) in [6.45, 7) is 0. The number of methoxy groups -OCH3 is 1. The van der Waals surface area contributed by atoms with Gasteiger partial charge in [0.25, 0.3) is 5.91 Å². The first-order chi connectivity index (χ1) is 12.7. The van der Waals surface area contributed by atoms with Crippen LogP contribution in [0, 0.1) is 0 Å². The lowest BCUT2D eigenvalue weighted by atomic mass is 10.2. The van der Waals surface area contributed by atoms with E-state index in [0.29, 0.717) is 16.3 Å². The van der Waals surface area contributed by atoms with Gasteiger partial charge < -0.3 is 10.1 Å². The number of hydrogen-bond donors (Lipinski definition) is 1. The van der Waals surface area contributed by atoms with Gasteiger partial charge in [-0.3, -0.25) is 9.79 Å². The zero-order valence-corrected chi connectivity index (χ0v) is 14.9. The number of anilines is 1. The molecule has 0 aliphatic carbocycles. The van der Waals surface area contributed by atoms with Crippen molar-refractivity contribution in [1.82, 2.24) is 0 Å². The molecule has 3 rings (SSSR count). The van der Waals surface area contributed by atoms with E-state index in [-0.39, 0.29) is 5.91 Å². The fourth-order valence-electron chi connectivity index (χ4n) is 2.39. The Morgan fingerprint density at radius 2 is 1.69 bits per heavy atom. The molecule has 0 aromatic heterocycles. The molecule has 0 saturated carbocycles. The van der Waals surface area contributed by atoms with Crippen molar-refractivity contribution in [2.75, 3.05) is 12.4 Å². The van der Waals surface area contributed by atoms with Crippen molar-refractivity contribution in [3.8, 4) is 5.75 Å². The van der Waals surface area contributed by atoms with Gasteiger partial charge in [-0.2, -0.15) is 0 Å². The normalized spacial score (nSPS) is 10.7. The summed E-state index contributed by atoms with van der Waals surface area (Å²) in [4.78, 5) is 16.7. The Hall–Kier alpha value is -3.11. The molecule has 5 heteroatoms. The highest BCUT2D eigenvalue weighted by Crippen LogP contribution is 2.21. The van der Waals surface area contributed by atoms with E-state index >= 15 is 0 Å². The smallest absolute Gasteiger partial charge is 0.257 e. The van der Waals surface area contributed by atoms with Crippen LogP contribution in [0.1, 0.15) is 15.9 Å². The summed E-state index contributed by atoms with van der Waals surface area (Å²) in [6.07, 6.45) is 1.75. The fraction of sp³-hybridized carbons (Fsp3) is 0.0476. The lowest BCUT2D eigenvalue weighted by Crippen LogP contribution is -2.12. The summed E-state index contributed by atoms with van der Waals surface area (Å²) >= 11 is 6.04. The van der Waals surface area contributed by atoms with Crippen LogP contribution in [-0.2, 0) is 0 Å². The third kappa shape index (κ3) is 4.29. The molecule has 0 bridgehead atoms. The zero-order valence-electron chi connectivity index (χ0n) is 14.1. The molecule has 1 N–H and O–H groups in total. The topological polar surface area (TPSA) is 50.7 Å². The number of para-hydroxylation sites is 1. The van der Waals surface area contributed by atoms with Crippen molar-refractivity contribution in [2.45, 2.75) is 0 Å². The van der Waals surface area contributed by atoms with E-state index < -0.39 is 0 Å². The van der Waals surface area contributed by atoms with E-state index in [9.17, 15) is 4.79 Å². The molecule has 0 atom stereocenters. The van der Waals surface area contributed by atoms with Crippen LogP contribution in [0.15, 0.2) is 77.8 Å². The Morgan fingerprint density at radius 3 is 2.42 bits per heavy atom. The SMILES string of the molecule is COc1ccccc1C=Nc1ccc(NC(=O)c2ccccc2Cl)cc1. The quantitative estimate of drug-likeness (QED) is 0.620. The molecular weight excluding hydrogens is 348 g/mol. The van der Waals surface area contributed by atoms with Crippen LogP contribution >= 0.6 is 11.6 Å². The van der Waals surface area contributed by atoms with Crippen molar-refractivity contribution < 1.29 is 9.53 Å². The zero-order chi connectivity index (χ0) is 18.4. The standard InChI is InChI=1S/C21H17ClN2O2/c1-26-20-9-5-2-6-15(20)14-23-16-10-12-17(13-11-16)24-21(25)18-7-3-4-8-19(18)22/h2-14H,1H3,(H,24,25). The highest BCUT2D eigenvalue weighted by molar-refractivity contribution is 6.34. The predicted molar refractivity (Wildman–Crippen MR) is 106 cm³/mol. The number of nitrogens with zero attached hydrogens (tertiary/aromatic N) is 1. The molecule has 0 fully saturated rings. The minimum absolute atomic E-state index is 0.249. The molecule has 1 amide bonds. The monoisotopic (exact) mass is 364 g/mol. The highest BCUT2D eigenvalue weighted by atomic mass is 35.5. The van der Waals surface area contributed by atoms with Gasteiger partial charge in [0, 0.05) is 17.5 Å². The summed E-state index contributed by atoms with van der Waals surface area (Å²) < 4.78 is 5.30. The molecule has 0 spiro atoms. The number of benzene rings is 3. The number of carbonyl (C=O) groups excluding carboxylic acids is 1. The number of ether oxygens (including phenoxy) is 1. The molecule has 3 aromatic rings. The number of halogens is 1. The van der Waals surface area contributed by atoms with Crippen LogP contribution in [0.25, 0.3) is 0 Å². The van der Waals surface area contributed by atoms with Gasteiger partial charge in [0.15, 0.2) is 0 Å². The molecule has 0 unspecified atom stereocenters. The maximum Gasteiger partial charge on any atom is 0.257 e. The van der Waals surface area contributed by atoms with Crippen LogP contribution in [0.2, 0.25) is 5.02 Å². The lowest BCUT2D eigenvalue weighted by molar-refractivity contribution is 0.102. The minimum Gasteiger partial charge on any atom is -0.496 e. The van der Waals surface area contributed by atoms with E-state index in [1.165, 1.54) is 0 Å². The second kappa shape index (κ2) is 8.32. The average Bonchev–Trinajstić information content (AvgIpc) is 2.68. The summed E-state index contributed by atoms with van der Waals surface area (Å²) in [6, 6.07) is 21.8. The summed E-state index contributed by atoms with van der Waals surface area (Å²) in [5.74, 6) is 0.515. The van der Waals surface area contributed by atoms with Crippen LogP contribution in [-0.4, -0.2) is 19.2 Å². The number of nitrogens with one attached hydrogen (secondary N) is 1. The molecule has 0 heterocycles. The van der Waals surface area contributed by atoms with Crippen LogP contribution < -0.4 is 10.1 Å². The number of hydrogen-bond acceptors (Lipinski definition) is 3. The Labute approximate surface area is 157 Å². The van der Waals surface area contributed by atoms with Gasteiger partial charge in [0.05, 0.1) is 23.4 Å². The van der Waals surface area contributed by atoms with E-state index in [1.54, 1.807) is 49.7 Å². The number of rotatable bonds is 5. The van der Waals surface area contributed by atoms with E-state index in [0.717, 1.165) is 17.0 Å². The van der Waals surface area contributed by atoms with Gasteiger partial charge in [-0.05, 0) is 48.5 Å². The maximum atomic E-state index is 12.3. The number of carbonyl (C=O) groups is 1. The Morgan fingerprint density at radius 1 is 1.00 bits per heavy atom. The third-order valence-electron chi connectivity index (χ3n) is 3.74. The largest absolute Gasteiger partial charge is 0.496 e. The summed E-state index contributed by atoms with van der Waals surface area (Å²) in [7, 11) is 1.63. The van der Waals surface area contributed by atoms with Gasteiger partial charge >= 0.3 is 0 Å². The van der Waals surface area contributed by atoms with E-state index in [4.69, 9.17) is 16.3 Å². The Bertz CT molecular complexity index is 937. The van der Waals surface area contributed by atoms with Crippen molar-refractivity contribution in [2.24, 2.45) is 4.99 Å².